The molecule has 4 nitrogen and oxygen atoms in total. The number of carbonyl (C=O) groups is 2. The van der Waals surface area contributed by atoms with E-state index in [1.807, 2.05) is 0 Å². The molecule has 1 atom stereocenters. The van der Waals surface area contributed by atoms with Crippen molar-refractivity contribution in [3.8, 4) is 11.8 Å². The first-order valence-electron chi connectivity index (χ1n) is 2.85. The maximum Gasteiger partial charge on any atom is 0.360 e. The van der Waals surface area contributed by atoms with Crippen LogP contribution in [0, 0.1) is 11.8 Å². The van der Waals surface area contributed by atoms with E-state index in [1.54, 1.807) is 0 Å². The molecule has 0 rings (SSSR count). The van der Waals surface area contributed by atoms with Crippen molar-refractivity contribution in [1.29, 1.82) is 0 Å². The molecule has 0 amide bonds. The van der Waals surface area contributed by atoms with Gasteiger partial charge in [0.25, 0.3) is 12.1 Å². The Kier molecular flexibility index (Phi) is 3.12. The monoisotopic (exact) mass is 156 g/mol. The number of ether oxygens (including phenoxy) is 1. The lowest BCUT2D eigenvalue weighted by molar-refractivity contribution is -0.161. The molecule has 60 valence electrons. The molecule has 1 unspecified atom stereocenters. The van der Waals surface area contributed by atoms with Crippen molar-refractivity contribution >= 4 is 12.4 Å². The predicted octanol–water partition coefficient (Wildman–Crippen LogP) is 0.0260. The van der Waals surface area contributed by atoms with E-state index in [2.05, 4.69) is 16.6 Å². The zero-order valence-electron chi connectivity index (χ0n) is 6.25. The lowest BCUT2D eigenvalue weighted by Gasteiger charge is -2.14. The van der Waals surface area contributed by atoms with Crippen LogP contribution in [0.2, 0.25) is 0 Å². The summed E-state index contributed by atoms with van der Waals surface area (Å²) in [5.74, 6) is 3.34. The van der Waals surface area contributed by atoms with Crippen LogP contribution in [0.3, 0.4) is 0 Å². The Morgan fingerprint density at radius 3 is 2.55 bits per heavy atom. The molecular formula is C7H8O4. The fraction of sp³-hybridized carbons (Fsp3) is 0.429. The predicted molar refractivity (Wildman–Crippen MR) is 36.6 cm³/mol. The first-order chi connectivity index (χ1) is 5.06. The van der Waals surface area contributed by atoms with Gasteiger partial charge in [-0.15, -0.1) is 5.92 Å². The largest absolute Gasteiger partial charge is 0.478 e. The average Bonchev–Trinajstić information content (AvgIpc) is 1.88. The second-order valence-electron chi connectivity index (χ2n) is 1.93. The maximum absolute atomic E-state index is 10.4. The zero-order chi connectivity index (χ0) is 8.91. The van der Waals surface area contributed by atoms with E-state index < -0.39 is 11.6 Å². The van der Waals surface area contributed by atoms with E-state index in [9.17, 15) is 9.59 Å². The lowest BCUT2D eigenvalue weighted by atomic mass is 10.1. The average molecular weight is 156 g/mol. The first-order valence-corrected chi connectivity index (χ1v) is 2.85. The Bertz CT molecular complexity index is 222. The molecule has 0 heterocycles. The topological polar surface area (TPSA) is 63.6 Å². The molecule has 0 fully saturated rings. The summed E-state index contributed by atoms with van der Waals surface area (Å²) in [5.41, 5.74) is -1.71. The molecule has 0 spiro atoms. The van der Waals surface area contributed by atoms with Crippen molar-refractivity contribution in [2.75, 3.05) is 0 Å². The Balaban J connectivity index is 4.60. The van der Waals surface area contributed by atoms with Gasteiger partial charge in [-0.2, -0.15) is 0 Å². The number of carboxylic acids is 1. The molecule has 0 radical (unpaired) electrons. The molecule has 11 heavy (non-hydrogen) atoms. The molecule has 0 aromatic carbocycles. The van der Waals surface area contributed by atoms with Crippen LogP contribution in [0.15, 0.2) is 0 Å². The van der Waals surface area contributed by atoms with Gasteiger partial charge in [-0.1, -0.05) is 0 Å². The minimum absolute atomic E-state index is 0.0679. The molecular weight excluding hydrogens is 148 g/mol. The van der Waals surface area contributed by atoms with E-state index in [-0.39, 0.29) is 6.47 Å². The van der Waals surface area contributed by atoms with Gasteiger partial charge in [0.15, 0.2) is 0 Å². The van der Waals surface area contributed by atoms with Crippen LogP contribution in [-0.2, 0) is 14.3 Å². The van der Waals surface area contributed by atoms with E-state index in [4.69, 9.17) is 5.11 Å². The van der Waals surface area contributed by atoms with Gasteiger partial charge in [-0.05, 0) is 19.8 Å². The van der Waals surface area contributed by atoms with Gasteiger partial charge < -0.3 is 9.84 Å². The molecule has 4 heteroatoms. The van der Waals surface area contributed by atoms with E-state index in [1.165, 1.54) is 13.8 Å². The van der Waals surface area contributed by atoms with Crippen LogP contribution in [0.1, 0.15) is 13.8 Å². The summed E-state index contributed by atoms with van der Waals surface area (Å²) in [5, 5.41) is 8.51. The SMILES string of the molecule is CC#CC(C)(OC=O)C(=O)O. The molecule has 0 bridgehead atoms. The Labute approximate surface area is 64.2 Å². The molecule has 0 saturated heterocycles. The molecule has 0 saturated carbocycles. The molecule has 0 aliphatic heterocycles. The lowest BCUT2D eigenvalue weighted by Crippen LogP contribution is -2.36. The van der Waals surface area contributed by atoms with Crippen molar-refractivity contribution in [2.24, 2.45) is 0 Å². The minimum Gasteiger partial charge on any atom is -0.478 e. The number of rotatable bonds is 3. The van der Waals surface area contributed by atoms with Gasteiger partial charge in [-0.3, -0.25) is 4.79 Å². The van der Waals surface area contributed by atoms with Crippen molar-refractivity contribution in [3.05, 3.63) is 0 Å². The summed E-state index contributed by atoms with van der Waals surface area (Å²) in [7, 11) is 0. The van der Waals surface area contributed by atoms with E-state index in [0.717, 1.165) is 0 Å². The number of aliphatic carboxylic acids is 1. The van der Waals surface area contributed by atoms with Gasteiger partial charge in [-0.25, -0.2) is 4.79 Å². The van der Waals surface area contributed by atoms with E-state index >= 15 is 0 Å². The second-order valence-corrected chi connectivity index (χ2v) is 1.93. The van der Waals surface area contributed by atoms with Gasteiger partial charge in [0.1, 0.15) is 0 Å². The van der Waals surface area contributed by atoms with Gasteiger partial charge in [0, 0.05) is 0 Å². The van der Waals surface area contributed by atoms with Crippen LogP contribution >= 0.6 is 0 Å². The van der Waals surface area contributed by atoms with Crippen LogP contribution < -0.4 is 0 Å². The summed E-state index contributed by atoms with van der Waals surface area (Å²) < 4.78 is 4.28. The minimum atomic E-state index is -1.71. The quantitative estimate of drug-likeness (QED) is 0.462. The van der Waals surface area contributed by atoms with Crippen LogP contribution in [0.25, 0.3) is 0 Å². The maximum atomic E-state index is 10.4. The molecule has 0 aromatic rings. The fourth-order valence-electron chi connectivity index (χ4n) is 0.468. The molecule has 1 N–H and O–H groups in total. The summed E-state index contributed by atoms with van der Waals surface area (Å²) >= 11 is 0. The number of carbonyl (C=O) groups excluding carboxylic acids is 1. The van der Waals surface area contributed by atoms with Crippen LogP contribution in [0.5, 0.6) is 0 Å². The smallest absolute Gasteiger partial charge is 0.360 e. The van der Waals surface area contributed by atoms with Crippen LogP contribution in [0.4, 0.5) is 0 Å². The summed E-state index contributed by atoms with van der Waals surface area (Å²) in [4.78, 5) is 20.3. The third-order valence-corrected chi connectivity index (χ3v) is 1.06. The van der Waals surface area contributed by atoms with E-state index in [0.29, 0.717) is 0 Å². The highest BCUT2D eigenvalue weighted by atomic mass is 16.6. The standard InChI is InChI=1S/C7H8O4/c1-3-4-7(2,6(9)10)11-5-8/h5H,1-2H3,(H,9,10). The van der Waals surface area contributed by atoms with Crippen molar-refractivity contribution in [2.45, 2.75) is 19.4 Å². The van der Waals surface area contributed by atoms with Gasteiger partial charge in [0.2, 0.25) is 0 Å². The summed E-state index contributed by atoms with van der Waals surface area (Å²) in [6.07, 6.45) is 0. The molecule has 0 aliphatic rings. The Morgan fingerprint density at radius 2 is 2.27 bits per heavy atom. The molecule has 0 aliphatic carbocycles. The highest BCUT2D eigenvalue weighted by Gasteiger charge is 2.32. The first kappa shape index (κ1) is 9.50. The number of hydrogen-bond acceptors (Lipinski definition) is 3. The van der Waals surface area contributed by atoms with Gasteiger partial charge >= 0.3 is 5.97 Å². The fourth-order valence-corrected chi connectivity index (χ4v) is 0.468. The van der Waals surface area contributed by atoms with Crippen molar-refractivity contribution in [1.82, 2.24) is 0 Å². The molecule has 0 aromatic heterocycles. The summed E-state index contributed by atoms with van der Waals surface area (Å²) in [6, 6.07) is 0. The van der Waals surface area contributed by atoms with Crippen molar-refractivity contribution < 1.29 is 19.4 Å². The zero-order valence-corrected chi connectivity index (χ0v) is 6.25. The third-order valence-electron chi connectivity index (χ3n) is 1.06. The third kappa shape index (κ3) is 2.30. The normalized spacial score (nSPS) is 13.6. The Hall–Kier alpha value is -1.50. The second kappa shape index (κ2) is 3.62. The van der Waals surface area contributed by atoms with Gasteiger partial charge in [0.05, 0.1) is 0 Å². The highest BCUT2D eigenvalue weighted by Crippen LogP contribution is 2.06. The van der Waals surface area contributed by atoms with Crippen molar-refractivity contribution in [3.63, 3.8) is 0 Å². The van der Waals surface area contributed by atoms with Crippen LogP contribution in [-0.4, -0.2) is 23.1 Å². The summed E-state index contributed by atoms with van der Waals surface area (Å²) in [6.45, 7) is 2.74. The Morgan fingerprint density at radius 1 is 1.73 bits per heavy atom. The highest BCUT2D eigenvalue weighted by molar-refractivity contribution is 5.82. The number of carboxylic acid groups (broad SMARTS) is 1. The number of hydrogen-bond donors (Lipinski definition) is 1.